The summed E-state index contributed by atoms with van der Waals surface area (Å²) in [6, 6.07) is 6.55. The van der Waals surface area contributed by atoms with Crippen LogP contribution in [0, 0.1) is 5.41 Å². The summed E-state index contributed by atoms with van der Waals surface area (Å²) in [7, 11) is 0. The van der Waals surface area contributed by atoms with E-state index < -0.39 is 17.4 Å². The molecule has 0 fully saturated rings. The molecule has 0 aliphatic heterocycles. The van der Waals surface area contributed by atoms with E-state index in [2.05, 4.69) is 15.9 Å². The van der Waals surface area contributed by atoms with Crippen LogP contribution in [0.25, 0.3) is 0 Å². The van der Waals surface area contributed by atoms with Gasteiger partial charge in [0.15, 0.2) is 5.41 Å². The standard InChI is InChI=1S/C14H15BrO5/c1-3-19-13(18)14(2,8-16)9-20-12(17)10-4-6-11(15)7-5-10/h4-8H,3,9H2,1-2H3/t14-/m0/s1. The fraction of sp³-hybridized carbons (Fsp3) is 0.357. The van der Waals surface area contributed by atoms with E-state index in [1.54, 1.807) is 31.2 Å². The lowest BCUT2D eigenvalue weighted by Gasteiger charge is -2.20. The molecule has 0 radical (unpaired) electrons. The molecule has 0 aliphatic carbocycles. The van der Waals surface area contributed by atoms with Crippen molar-refractivity contribution in [3.05, 3.63) is 34.3 Å². The van der Waals surface area contributed by atoms with Gasteiger partial charge >= 0.3 is 11.9 Å². The van der Waals surface area contributed by atoms with Gasteiger partial charge in [0.25, 0.3) is 0 Å². The first-order chi connectivity index (χ1) is 9.42. The summed E-state index contributed by atoms with van der Waals surface area (Å²) in [5.41, 5.74) is -1.15. The number of aldehydes is 1. The van der Waals surface area contributed by atoms with E-state index in [1.807, 2.05) is 0 Å². The third-order valence-electron chi connectivity index (χ3n) is 2.58. The first-order valence-electron chi connectivity index (χ1n) is 5.99. The Morgan fingerprint density at radius 3 is 2.35 bits per heavy atom. The van der Waals surface area contributed by atoms with Gasteiger partial charge in [0.2, 0.25) is 0 Å². The van der Waals surface area contributed by atoms with Gasteiger partial charge in [-0.25, -0.2) is 4.79 Å². The van der Waals surface area contributed by atoms with Gasteiger partial charge < -0.3 is 14.3 Å². The maximum Gasteiger partial charge on any atom is 0.338 e. The van der Waals surface area contributed by atoms with E-state index in [-0.39, 0.29) is 13.2 Å². The van der Waals surface area contributed by atoms with Crippen LogP contribution >= 0.6 is 15.9 Å². The molecule has 0 spiro atoms. The molecule has 0 N–H and O–H groups in total. The molecule has 20 heavy (non-hydrogen) atoms. The van der Waals surface area contributed by atoms with E-state index in [9.17, 15) is 14.4 Å². The van der Waals surface area contributed by atoms with Crippen molar-refractivity contribution in [3.63, 3.8) is 0 Å². The summed E-state index contributed by atoms with van der Waals surface area (Å²) in [5, 5.41) is 0. The minimum Gasteiger partial charge on any atom is -0.465 e. The topological polar surface area (TPSA) is 69.7 Å². The molecular weight excluding hydrogens is 328 g/mol. The number of benzene rings is 1. The number of hydrogen-bond acceptors (Lipinski definition) is 5. The van der Waals surface area contributed by atoms with E-state index in [4.69, 9.17) is 9.47 Å². The minimum atomic E-state index is -1.49. The quantitative estimate of drug-likeness (QED) is 0.451. The molecule has 0 heterocycles. The zero-order valence-corrected chi connectivity index (χ0v) is 12.8. The third kappa shape index (κ3) is 4.16. The Morgan fingerprint density at radius 1 is 1.25 bits per heavy atom. The number of ether oxygens (including phenoxy) is 2. The minimum absolute atomic E-state index is 0.156. The van der Waals surface area contributed by atoms with Crippen molar-refractivity contribution in [1.82, 2.24) is 0 Å². The highest BCUT2D eigenvalue weighted by Crippen LogP contribution is 2.18. The van der Waals surface area contributed by atoms with E-state index in [1.165, 1.54) is 6.92 Å². The molecule has 5 nitrogen and oxygen atoms in total. The van der Waals surface area contributed by atoms with E-state index >= 15 is 0 Å². The van der Waals surface area contributed by atoms with Crippen LogP contribution in [0.3, 0.4) is 0 Å². The Bertz CT molecular complexity index is 497. The van der Waals surface area contributed by atoms with Crippen molar-refractivity contribution in [1.29, 1.82) is 0 Å². The van der Waals surface area contributed by atoms with Crippen LogP contribution in [0.2, 0.25) is 0 Å². The van der Waals surface area contributed by atoms with Crippen molar-refractivity contribution < 1.29 is 23.9 Å². The predicted octanol–water partition coefficient (Wildman–Crippen LogP) is 2.37. The predicted molar refractivity (Wildman–Crippen MR) is 75.2 cm³/mol. The van der Waals surface area contributed by atoms with Crippen LogP contribution in [-0.4, -0.2) is 31.4 Å². The highest BCUT2D eigenvalue weighted by Gasteiger charge is 2.36. The molecule has 1 rings (SSSR count). The summed E-state index contributed by atoms with van der Waals surface area (Å²) < 4.78 is 10.6. The molecule has 1 aromatic carbocycles. The van der Waals surface area contributed by atoms with Gasteiger partial charge in [0, 0.05) is 4.47 Å². The highest BCUT2D eigenvalue weighted by molar-refractivity contribution is 9.10. The highest BCUT2D eigenvalue weighted by atomic mass is 79.9. The summed E-state index contributed by atoms with van der Waals surface area (Å²) in [5.74, 6) is -1.31. The molecule has 0 saturated heterocycles. The molecule has 0 aliphatic rings. The summed E-state index contributed by atoms with van der Waals surface area (Å²) in [4.78, 5) is 34.5. The Hall–Kier alpha value is -1.69. The maximum absolute atomic E-state index is 11.8. The van der Waals surface area contributed by atoms with Crippen LogP contribution in [0.1, 0.15) is 24.2 Å². The molecule has 0 saturated carbocycles. The lowest BCUT2D eigenvalue weighted by atomic mass is 9.94. The Morgan fingerprint density at radius 2 is 1.85 bits per heavy atom. The van der Waals surface area contributed by atoms with Crippen LogP contribution in [0.5, 0.6) is 0 Å². The van der Waals surface area contributed by atoms with Crippen molar-refractivity contribution >= 4 is 34.2 Å². The number of rotatable bonds is 6. The molecule has 0 amide bonds. The Labute approximate surface area is 125 Å². The van der Waals surface area contributed by atoms with Gasteiger partial charge in [-0.1, -0.05) is 15.9 Å². The second-order valence-electron chi connectivity index (χ2n) is 4.34. The second-order valence-corrected chi connectivity index (χ2v) is 5.25. The average molecular weight is 343 g/mol. The molecular formula is C14H15BrO5. The second kappa shape index (κ2) is 7.19. The number of carbonyl (C=O) groups excluding carboxylic acids is 3. The Balaban J connectivity index is 2.69. The monoisotopic (exact) mass is 342 g/mol. The van der Waals surface area contributed by atoms with Gasteiger partial charge in [-0.05, 0) is 38.1 Å². The van der Waals surface area contributed by atoms with Crippen molar-refractivity contribution in [2.24, 2.45) is 5.41 Å². The SMILES string of the molecule is CCOC(=O)[C@@](C)(C=O)COC(=O)c1ccc(Br)cc1. The van der Waals surface area contributed by atoms with Crippen LogP contribution in [0.4, 0.5) is 0 Å². The zero-order valence-electron chi connectivity index (χ0n) is 11.2. The average Bonchev–Trinajstić information content (AvgIpc) is 2.45. The summed E-state index contributed by atoms with van der Waals surface area (Å²) in [6.45, 7) is 2.80. The smallest absolute Gasteiger partial charge is 0.338 e. The molecule has 1 aromatic rings. The molecule has 108 valence electrons. The van der Waals surface area contributed by atoms with Crippen molar-refractivity contribution in [2.45, 2.75) is 13.8 Å². The largest absolute Gasteiger partial charge is 0.465 e. The molecule has 0 aromatic heterocycles. The summed E-state index contributed by atoms with van der Waals surface area (Å²) in [6.07, 6.45) is 0.430. The Kier molecular flexibility index (Phi) is 5.88. The van der Waals surface area contributed by atoms with Gasteiger partial charge in [-0.2, -0.15) is 0 Å². The fourth-order valence-electron chi connectivity index (χ4n) is 1.32. The van der Waals surface area contributed by atoms with Crippen molar-refractivity contribution in [3.8, 4) is 0 Å². The third-order valence-corrected chi connectivity index (χ3v) is 3.11. The van der Waals surface area contributed by atoms with Crippen LogP contribution in [-0.2, 0) is 19.1 Å². The number of halogens is 1. The van der Waals surface area contributed by atoms with Gasteiger partial charge in [0.05, 0.1) is 12.2 Å². The van der Waals surface area contributed by atoms with Gasteiger partial charge in [0.1, 0.15) is 12.9 Å². The number of esters is 2. The summed E-state index contributed by atoms with van der Waals surface area (Å²) >= 11 is 3.25. The van der Waals surface area contributed by atoms with E-state index in [0.29, 0.717) is 11.8 Å². The lowest BCUT2D eigenvalue weighted by Crippen LogP contribution is -2.37. The molecule has 6 heteroatoms. The van der Waals surface area contributed by atoms with Gasteiger partial charge in [-0.3, -0.25) is 4.79 Å². The fourth-order valence-corrected chi connectivity index (χ4v) is 1.59. The van der Waals surface area contributed by atoms with Crippen molar-refractivity contribution in [2.75, 3.05) is 13.2 Å². The normalized spacial score (nSPS) is 13.2. The first-order valence-corrected chi connectivity index (χ1v) is 6.78. The lowest BCUT2D eigenvalue weighted by molar-refractivity contribution is -0.158. The molecule has 0 bridgehead atoms. The van der Waals surface area contributed by atoms with Crippen LogP contribution < -0.4 is 0 Å². The number of carbonyl (C=O) groups is 3. The molecule has 0 unspecified atom stereocenters. The van der Waals surface area contributed by atoms with Gasteiger partial charge in [-0.15, -0.1) is 0 Å². The van der Waals surface area contributed by atoms with E-state index in [0.717, 1.165) is 4.47 Å². The first kappa shape index (κ1) is 16.4. The number of hydrogen-bond donors (Lipinski definition) is 0. The maximum atomic E-state index is 11.8. The van der Waals surface area contributed by atoms with Crippen LogP contribution in [0.15, 0.2) is 28.7 Å². The molecule has 1 atom stereocenters. The zero-order chi connectivity index (χ0) is 15.2.